The molecule has 0 saturated carbocycles. The van der Waals surface area contributed by atoms with Crippen LogP contribution in [0.5, 0.6) is 0 Å². The fourth-order valence-electron chi connectivity index (χ4n) is 1.07. The summed E-state index contributed by atoms with van der Waals surface area (Å²) in [4.78, 5) is 17.1. The van der Waals surface area contributed by atoms with E-state index in [1.807, 2.05) is 25.9 Å². The van der Waals surface area contributed by atoms with Crippen LogP contribution in [-0.4, -0.2) is 46.6 Å². The molecule has 2 N–H and O–H groups in total. The molecule has 78 valence electrons. The number of likely N-dealkylation sites (N-methyl/N-ethyl adjacent to an activating group) is 1. The molecule has 6 heteroatoms. The summed E-state index contributed by atoms with van der Waals surface area (Å²) in [5.41, 5.74) is 0. The highest BCUT2D eigenvalue weighted by atomic mass is 16.2. The van der Waals surface area contributed by atoms with Crippen LogP contribution in [0.2, 0.25) is 0 Å². The molecule has 1 rings (SSSR count). The quantitative estimate of drug-likeness (QED) is 0.685. The second-order valence-corrected chi connectivity index (χ2v) is 3.40. The summed E-state index contributed by atoms with van der Waals surface area (Å²) in [6.07, 6.45) is 1.42. The number of nitrogens with one attached hydrogen (secondary N) is 2. The van der Waals surface area contributed by atoms with Crippen molar-refractivity contribution in [2.45, 2.75) is 13.0 Å². The predicted octanol–water partition coefficient (Wildman–Crippen LogP) is -0.456. The summed E-state index contributed by atoms with van der Waals surface area (Å²) < 4.78 is 0. The first-order chi connectivity index (χ1) is 6.59. The van der Waals surface area contributed by atoms with Gasteiger partial charge in [-0.1, -0.05) is 0 Å². The second-order valence-electron chi connectivity index (χ2n) is 3.40. The zero-order valence-corrected chi connectivity index (χ0v) is 8.61. The largest absolute Gasteiger partial charge is 0.345 e. The van der Waals surface area contributed by atoms with Gasteiger partial charge in [0.1, 0.15) is 12.2 Å². The lowest BCUT2D eigenvalue weighted by Gasteiger charge is -2.13. The summed E-state index contributed by atoms with van der Waals surface area (Å²) in [6, 6.07) is -0.134. The van der Waals surface area contributed by atoms with Crippen LogP contribution in [0.4, 0.5) is 0 Å². The normalized spacial score (nSPS) is 12.9. The molecule has 6 nitrogen and oxygen atoms in total. The van der Waals surface area contributed by atoms with Crippen LogP contribution in [0.25, 0.3) is 0 Å². The highest BCUT2D eigenvalue weighted by Crippen LogP contribution is 2.02. The maximum atomic E-state index is 11.3. The SMILES string of the molecule is CC(NC(=O)CN(C)C)c1ncn[nH]1. The Morgan fingerprint density at radius 1 is 1.71 bits per heavy atom. The Balaban J connectivity index is 2.41. The summed E-state index contributed by atoms with van der Waals surface area (Å²) in [6.45, 7) is 2.23. The Bertz CT molecular complexity index is 282. The van der Waals surface area contributed by atoms with Gasteiger partial charge in [-0.2, -0.15) is 5.10 Å². The third-order valence-electron chi connectivity index (χ3n) is 1.68. The molecule has 1 amide bonds. The van der Waals surface area contributed by atoms with Crippen LogP contribution in [0.1, 0.15) is 18.8 Å². The topological polar surface area (TPSA) is 73.9 Å². The number of amides is 1. The van der Waals surface area contributed by atoms with E-state index in [-0.39, 0.29) is 11.9 Å². The van der Waals surface area contributed by atoms with E-state index in [1.165, 1.54) is 6.33 Å². The number of hydrogen-bond acceptors (Lipinski definition) is 4. The van der Waals surface area contributed by atoms with Gasteiger partial charge in [0.2, 0.25) is 5.91 Å². The zero-order chi connectivity index (χ0) is 10.6. The van der Waals surface area contributed by atoms with E-state index in [2.05, 4.69) is 20.5 Å². The number of hydrogen-bond donors (Lipinski definition) is 2. The van der Waals surface area contributed by atoms with Crippen molar-refractivity contribution in [1.29, 1.82) is 0 Å². The molecular weight excluding hydrogens is 182 g/mol. The van der Waals surface area contributed by atoms with Gasteiger partial charge < -0.3 is 10.2 Å². The highest BCUT2D eigenvalue weighted by Gasteiger charge is 2.11. The molecule has 14 heavy (non-hydrogen) atoms. The molecule has 0 bridgehead atoms. The maximum Gasteiger partial charge on any atom is 0.234 e. The van der Waals surface area contributed by atoms with Gasteiger partial charge in [0.05, 0.1) is 12.6 Å². The number of aromatic nitrogens is 3. The van der Waals surface area contributed by atoms with E-state index in [4.69, 9.17) is 0 Å². The minimum atomic E-state index is -0.134. The molecule has 0 saturated heterocycles. The molecule has 0 fully saturated rings. The third-order valence-corrected chi connectivity index (χ3v) is 1.68. The molecule has 0 aliphatic carbocycles. The summed E-state index contributed by atoms with van der Waals surface area (Å²) >= 11 is 0. The van der Waals surface area contributed by atoms with Crippen LogP contribution in [0.15, 0.2) is 6.33 Å². The Hall–Kier alpha value is -1.43. The van der Waals surface area contributed by atoms with Gasteiger partial charge >= 0.3 is 0 Å². The van der Waals surface area contributed by atoms with Gasteiger partial charge in [-0.05, 0) is 21.0 Å². The highest BCUT2D eigenvalue weighted by molar-refractivity contribution is 5.78. The molecule has 1 aromatic heterocycles. The Kier molecular flexibility index (Phi) is 3.58. The molecule has 1 unspecified atom stereocenters. The molecule has 0 spiro atoms. The Labute approximate surface area is 82.7 Å². The maximum absolute atomic E-state index is 11.3. The van der Waals surface area contributed by atoms with Crippen molar-refractivity contribution in [2.75, 3.05) is 20.6 Å². The van der Waals surface area contributed by atoms with E-state index in [0.29, 0.717) is 12.4 Å². The summed E-state index contributed by atoms with van der Waals surface area (Å²) in [7, 11) is 3.69. The van der Waals surface area contributed by atoms with Crippen LogP contribution in [-0.2, 0) is 4.79 Å². The average molecular weight is 197 g/mol. The number of rotatable bonds is 4. The minimum absolute atomic E-state index is 0.0288. The van der Waals surface area contributed by atoms with E-state index < -0.39 is 0 Å². The first-order valence-electron chi connectivity index (χ1n) is 4.39. The van der Waals surface area contributed by atoms with Gasteiger partial charge in [-0.15, -0.1) is 0 Å². The lowest BCUT2D eigenvalue weighted by Crippen LogP contribution is -2.35. The van der Waals surface area contributed by atoms with Crippen molar-refractivity contribution in [2.24, 2.45) is 0 Å². The predicted molar refractivity (Wildman–Crippen MR) is 51.5 cm³/mol. The standard InChI is InChI=1S/C8H15N5O/c1-6(8-9-5-10-12-8)11-7(14)4-13(2)3/h5-6H,4H2,1-3H3,(H,11,14)(H,9,10,12). The summed E-state index contributed by atoms with van der Waals surface area (Å²) in [5.74, 6) is 0.635. The number of aromatic amines is 1. The first kappa shape index (κ1) is 10.6. The summed E-state index contributed by atoms with van der Waals surface area (Å²) in [5, 5.41) is 9.22. The van der Waals surface area contributed by atoms with Gasteiger partial charge in [-0.25, -0.2) is 4.98 Å². The molecule has 0 radical (unpaired) electrons. The fourth-order valence-corrected chi connectivity index (χ4v) is 1.07. The van der Waals surface area contributed by atoms with Crippen LogP contribution in [0, 0.1) is 0 Å². The van der Waals surface area contributed by atoms with Crippen molar-refractivity contribution in [3.63, 3.8) is 0 Å². The van der Waals surface area contributed by atoms with E-state index in [0.717, 1.165) is 0 Å². The number of carbonyl (C=O) groups excluding carboxylic acids is 1. The van der Waals surface area contributed by atoms with E-state index in [1.54, 1.807) is 0 Å². The molecule has 0 aliphatic rings. The molecule has 1 aromatic rings. The number of carbonyl (C=O) groups is 1. The Morgan fingerprint density at radius 2 is 2.43 bits per heavy atom. The van der Waals surface area contributed by atoms with Crippen LogP contribution in [0.3, 0.4) is 0 Å². The van der Waals surface area contributed by atoms with Crippen molar-refractivity contribution >= 4 is 5.91 Å². The van der Waals surface area contributed by atoms with Crippen molar-refractivity contribution in [3.8, 4) is 0 Å². The van der Waals surface area contributed by atoms with Gasteiger partial charge in [0.15, 0.2) is 0 Å². The number of nitrogens with zero attached hydrogens (tertiary/aromatic N) is 3. The molecule has 0 aromatic carbocycles. The molecular formula is C8H15N5O. The van der Waals surface area contributed by atoms with E-state index >= 15 is 0 Å². The molecule has 0 aliphatic heterocycles. The van der Waals surface area contributed by atoms with Crippen LogP contribution < -0.4 is 5.32 Å². The molecule has 1 heterocycles. The lowest BCUT2D eigenvalue weighted by molar-refractivity contribution is -0.122. The second kappa shape index (κ2) is 4.71. The van der Waals surface area contributed by atoms with Crippen molar-refractivity contribution in [1.82, 2.24) is 25.4 Å². The smallest absolute Gasteiger partial charge is 0.234 e. The van der Waals surface area contributed by atoms with Crippen LogP contribution >= 0.6 is 0 Å². The van der Waals surface area contributed by atoms with Gasteiger partial charge in [0, 0.05) is 0 Å². The fraction of sp³-hybridized carbons (Fsp3) is 0.625. The zero-order valence-electron chi connectivity index (χ0n) is 8.61. The average Bonchev–Trinajstić information content (AvgIpc) is 2.53. The van der Waals surface area contributed by atoms with Gasteiger partial charge in [0.25, 0.3) is 0 Å². The lowest BCUT2D eigenvalue weighted by atomic mass is 10.3. The Morgan fingerprint density at radius 3 is 2.93 bits per heavy atom. The third kappa shape index (κ3) is 3.14. The van der Waals surface area contributed by atoms with E-state index in [9.17, 15) is 4.79 Å². The molecule has 1 atom stereocenters. The van der Waals surface area contributed by atoms with Crippen molar-refractivity contribution in [3.05, 3.63) is 12.2 Å². The monoisotopic (exact) mass is 197 g/mol. The van der Waals surface area contributed by atoms with Gasteiger partial charge in [-0.3, -0.25) is 9.89 Å². The first-order valence-corrected chi connectivity index (χ1v) is 4.39. The number of H-pyrrole nitrogens is 1. The minimum Gasteiger partial charge on any atom is -0.345 e. The van der Waals surface area contributed by atoms with Crippen molar-refractivity contribution < 1.29 is 4.79 Å².